The molecule has 8 heavy (non-hydrogen) atoms. The molecule has 0 saturated carbocycles. The van der Waals surface area contributed by atoms with Crippen molar-refractivity contribution in [2.45, 2.75) is 0 Å². The van der Waals surface area contributed by atoms with Crippen LogP contribution in [0.5, 0.6) is 0 Å². The molecule has 0 N–H and O–H groups in total. The number of rotatable bonds is 2. The maximum atomic E-state index is 9.22. The average molecular weight is 111 g/mol. The van der Waals surface area contributed by atoms with Crippen molar-refractivity contribution in [3.05, 3.63) is 25.8 Å². The normalized spacial score (nSPS) is 5.00. The summed E-state index contributed by atoms with van der Waals surface area (Å²) in [5.74, 6) is 0. The van der Waals surface area contributed by atoms with Crippen LogP contribution in [-0.2, 0) is 4.79 Å². The van der Waals surface area contributed by atoms with Crippen LogP contribution in [0.15, 0.2) is 30.8 Å². The Morgan fingerprint density at radius 3 is 2.25 bits per heavy atom. The number of isocyanates is 1. The first-order valence-electron chi connectivity index (χ1n) is 2.06. The quantitative estimate of drug-likeness (QED) is 0.300. The second kappa shape index (κ2) is 16.9. The first kappa shape index (κ1) is 9.97. The van der Waals surface area contributed by atoms with Crippen LogP contribution in [0.1, 0.15) is 0 Å². The summed E-state index contributed by atoms with van der Waals surface area (Å²) in [6.45, 7) is 9.70. The van der Waals surface area contributed by atoms with E-state index in [9.17, 15) is 4.79 Å². The fourth-order valence-electron chi connectivity index (χ4n) is 0.102. The highest BCUT2D eigenvalue weighted by Crippen LogP contribution is 1.61. The molecule has 0 saturated heterocycles. The maximum absolute atomic E-state index is 9.22. The van der Waals surface area contributed by atoms with Crippen LogP contribution in [-0.4, -0.2) is 12.6 Å². The van der Waals surface area contributed by atoms with E-state index in [-0.39, 0.29) is 0 Å². The number of aliphatic imine (C=N–C) groups is 1. The first-order valence-corrected chi connectivity index (χ1v) is 2.06. The van der Waals surface area contributed by atoms with Crippen molar-refractivity contribution in [2.75, 3.05) is 6.54 Å². The lowest BCUT2D eigenvalue weighted by atomic mass is 10.7. The summed E-state index contributed by atoms with van der Waals surface area (Å²) < 4.78 is 0. The fourth-order valence-corrected chi connectivity index (χ4v) is 0.102. The second-order valence-corrected chi connectivity index (χ2v) is 0.721. The van der Waals surface area contributed by atoms with Crippen molar-refractivity contribution in [3.8, 4) is 0 Å². The van der Waals surface area contributed by atoms with Gasteiger partial charge in [0.25, 0.3) is 0 Å². The van der Waals surface area contributed by atoms with Gasteiger partial charge in [-0.3, -0.25) is 0 Å². The van der Waals surface area contributed by atoms with Crippen LogP contribution >= 0.6 is 0 Å². The summed E-state index contributed by atoms with van der Waals surface area (Å²) in [6, 6.07) is 0. The molecule has 0 unspecified atom stereocenters. The largest absolute Gasteiger partial charge is 0.235 e. The molecule has 0 rings (SSSR count). The van der Waals surface area contributed by atoms with E-state index < -0.39 is 0 Å². The van der Waals surface area contributed by atoms with Gasteiger partial charge in [-0.05, 0) is 0 Å². The summed E-state index contributed by atoms with van der Waals surface area (Å²) in [5, 5.41) is 0. The van der Waals surface area contributed by atoms with Crippen molar-refractivity contribution in [1.82, 2.24) is 0 Å². The zero-order valence-corrected chi connectivity index (χ0v) is 4.76. The average Bonchev–Trinajstić information content (AvgIpc) is 1.88. The van der Waals surface area contributed by atoms with E-state index in [0.717, 1.165) is 0 Å². The SMILES string of the molecule is C=C.C=CCN=C=O. The molecule has 0 aliphatic rings. The van der Waals surface area contributed by atoms with E-state index >= 15 is 0 Å². The highest BCUT2D eigenvalue weighted by Gasteiger charge is 1.58. The Morgan fingerprint density at radius 1 is 1.62 bits per heavy atom. The Kier molecular flexibility index (Phi) is 21.1. The molecular weight excluding hydrogens is 102 g/mol. The van der Waals surface area contributed by atoms with E-state index in [1.165, 1.54) is 12.2 Å². The standard InChI is InChI=1S/C4H5NO.C2H4/c1-2-3-5-4-6;1-2/h2H,1,3H2;1-2H2. The molecule has 0 aromatic carbocycles. The molecule has 2 nitrogen and oxygen atoms in total. The van der Waals surface area contributed by atoms with E-state index in [2.05, 4.69) is 24.7 Å². The lowest BCUT2D eigenvalue weighted by Gasteiger charge is -1.64. The van der Waals surface area contributed by atoms with Gasteiger partial charge in [-0.15, -0.1) is 19.7 Å². The molecule has 0 aliphatic heterocycles. The fraction of sp³-hybridized carbons (Fsp3) is 0.167. The van der Waals surface area contributed by atoms with Crippen molar-refractivity contribution in [3.63, 3.8) is 0 Å². The van der Waals surface area contributed by atoms with Crippen LogP contribution in [0.2, 0.25) is 0 Å². The van der Waals surface area contributed by atoms with Gasteiger partial charge >= 0.3 is 0 Å². The minimum atomic E-state index is 0.378. The molecule has 0 aliphatic carbocycles. The number of nitrogens with zero attached hydrogens (tertiary/aromatic N) is 1. The molecule has 0 aromatic rings. The highest BCUT2D eigenvalue weighted by atomic mass is 16.1. The maximum Gasteiger partial charge on any atom is 0.235 e. The summed E-state index contributed by atoms with van der Waals surface area (Å²) in [4.78, 5) is 12.4. The van der Waals surface area contributed by atoms with Gasteiger partial charge in [0.05, 0.1) is 6.54 Å². The van der Waals surface area contributed by atoms with Gasteiger partial charge in [-0.1, -0.05) is 6.08 Å². The minimum Gasteiger partial charge on any atom is -0.211 e. The van der Waals surface area contributed by atoms with E-state index in [4.69, 9.17) is 0 Å². The first-order chi connectivity index (χ1) is 3.91. The summed E-state index contributed by atoms with van der Waals surface area (Å²) >= 11 is 0. The molecule has 2 heteroatoms. The van der Waals surface area contributed by atoms with Crippen LogP contribution < -0.4 is 0 Å². The molecule has 44 valence electrons. The number of hydrogen-bond donors (Lipinski definition) is 0. The highest BCUT2D eigenvalue weighted by molar-refractivity contribution is 5.33. The number of carbonyl (C=O) groups excluding carboxylic acids is 1. The lowest BCUT2D eigenvalue weighted by Crippen LogP contribution is -1.63. The van der Waals surface area contributed by atoms with Crippen molar-refractivity contribution in [1.29, 1.82) is 0 Å². The van der Waals surface area contributed by atoms with E-state index in [1.807, 2.05) is 0 Å². The predicted octanol–water partition coefficient (Wildman–Crippen LogP) is 1.31. The molecule has 0 fully saturated rings. The molecule has 0 bridgehead atoms. The van der Waals surface area contributed by atoms with Crippen molar-refractivity contribution >= 4 is 6.08 Å². The van der Waals surface area contributed by atoms with Crippen LogP contribution in [0.25, 0.3) is 0 Å². The van der Waals surface area contributed by atoms with Gasteiger partial charge in [-0.2, -0.15) is 0 Å². The van der Waals surface area contributed by atoms with Crippen LogP contribution in [0, 0.1) is 0 Å². The van der Waals surface area contributed by atoms with Gasteiger partial charge in [0.15, 0.2) is 0 Å². The summed E-state index contributed by atoms with van der Waals surface area (Å²) in [5.41, 5.74) is 0. The Labute approximate surface area is 49.2 Å². The third-order valence-electron chi connectivity index (χ3n) is 0.285. The Bertz CT molecular complexity index is 92.7. The zero-order chi connectivity index (χ0) is 6.83. The van der Waals surface area contributed by atoms with Gasteiger partial charge in [0.2, 0.25) is 6.08 Å². The zero-order valence-electron chi connectivity index (χ0n) is 4.76. The van der Waals surface area contributed by atoms with Crippen molar-refractivity contribution < 1.29 is 4.79 Å². The van der Waals surface area contributed by atoms with Crippen molar-refractivity contribution in [2.24, 2.45) is 4.99 Å². The monoisotopic (exact) mass is 111 g/mol. The molecule has 0 spiro atoms. The Balaban J connectivity index is 0. The minimum absolute atomic E-state index is 0.378. The molecule has 0 heterocycles. The van der Waals surface area contributed by atoms with Gasteiger partial charge in [-0.25, -0.2) is 9.79 Å². The van der Waals surface area contributed by atoms with E-state index in [1.54, 1.807) is 0 Å². The molecular formula is C6H9NO. The van der Waals surface area contributed by atoms with E-state index in [0.29, 0.717) is 6.54 Å². The third kappa shape index (κ3) is 20.9. The summed E-state index contributed by atoms with van der Waals surface area (Å²) in [7, 11) is 0. The lowest BCUT2D eigenvalue weighted by molar-refractivity contribution is 0.564. The van der Waals surface area contributed by atoms with Crippen LogP contribution in [0.4, 0.5) is 0 Å². The number of hydrogen-bond acceptors (Lipinski definition) is 2. The Hall–Kier alpha value is -1.14. The van der Waals surface area contributed by atoms with Crippen LogP contribution in [0.3, 0.4) is 0 Å². The molecule has 0 radical (unpaired) electrons. The molecule has 0 amide bonds. The second-order valence-electron chi connectivity index (χ2n) is 0.721. The topological polar surface area (TPSA) is 29.4 Å². The third-order valence-corrected chi connectivity index (χ3v) is 0.285. The molecule has 0 atom stereocenters. The predicted molar refractivity (Wildman–Crippen MR) is 34.4 cm³/mol. The Morgan fingerprint density at radius 2 is 2.12 bits per heavy atom. The molecule has 0 aromatic heterocycles. The van der Waals surface area contributed by atoms with Gasteiger partial charge in [0, 0.05) is 0 Å². The summed E-state index contributed by atoms with van der Waals surface area (Å²) in [6.07, 6.45) is 2.90. The van der Waals surface area contributed by atoms with Gasteiger partial charge in [0.1, 0.15) is 0 Å². The smallest absolute Gasteiger partial charge is 0.211 e. The van der Waals surface area contributed by atoms with Gasteiger partial charge < -0.3 is 0 Å².